The van der Waals surface area contributed by atoms with E-state index in [1.54, 1.807) is 12.3 Å². The zero-order valence-electron chi connectivity index (χ0n) is 10.0. The molecule has 0 unspecified atom stereocenters. The van der Waals surface area contributed by atoms with Crippen molar-refractivity contribution in [1.82, 2.24) is 10.3 Å². The molecule has 5 heteroatoms. The smallest absolute Gasteiger partial charge is 0.269 e. The van der Waals surface area contributed by atoms with Crippen LogP contribution in [0, 0.1) is 5.92 Å². The third-order valence-electron chi connectivity index (χ3n) is 3.29. The second-order valence-corrected chi connectivity index (χ2v) is 6.90. The summed E-state index contributed by atoms with van der Waals surface area (Å²) in [4.78, 5) is 16.6. The number of halogens is 2. The Morgan fingerprint density at radius 1 is 1.33 bits per heavy atom. The van der Waals surface area contributed by atoms with E-state index in [0.29, 0.717) is 16.4 Å². The molecule has 1 aliphatic rings. The second kappa shape index (κ2) is 6.66. The number of hydrogen-bond acceptors (Lipinski definition) is 2. The average molecular weight is 376 g/mol. The molecule has 18 heavy (non-hydrogen) atoms. The van der Waals surface area contributed by atoms with Crippen LogP contribution in [0.25, 0.3) is 0 Å². The lowest BCUT2D eigenvalue weighted by Gasteiger charge is -2.25. The number of pyridine rings is 1. The van der Waals surface area contributed by atoms with Gasteiger partial charge in [-0.15, -0.1) is 0 Å². The van der Waals surface area contributed by atoms with Crippen LogP contribution in [0.2, 0.25) is 0 Å². The molecule has 2 rings (SSSR count). The summed E-state index contributed by atoms with van der Waals surface area (Å²) in [5, 5.41) is 2.97. The van der Waals surface area contributed by atoms with Crippen LogP contribution in [-0.2, 0) is 0 Å². The number of alkyl halides is 1. The third kappa shape index (κ3) is 4.05. The number of amides is 1. The van der Waals surface area contributed by atoms with Crippen molar-refractivity contribution in [2.24, 2.45) is 5.92 Å². The summed E-state index contributed by atoms with van der Waals surface area (Å²) in [6, 6.07) is 3.56. The highest BCUT2D eigenvalue weighted by Gasteiger charge is 2.19. The topological polar surface area (TPSA) is 42.0 Å². The van der Waals surface area contributed by atoms with Gasteiger partial charge in [-0.1, -0.05) is 15.9 Å². The largest absolute Gasteiger partial charge is 0.350 e. The van der Waals surface area contributed by atoms with E-state index in [1.807, 2.05) is 6.07 Å². The molecule has 1 saturated carbocycles. The van der Waals surface area contributed by atoms with Gasteiger partial charge in [-0.05, 0) is 59.7 Å². The number of nitrogens with zero attached hydrogens (tertiary/aromatic N) is 1. The van der Waals surface area contributed by atoms with Crippen LogP contribution < -0.4 is 5.32 Å². The number of carbonyl (C=O) groups excluding carboxylic acids is 1. The molecule has 1 N–H and O–H groups in total. The first-order valence-electron chi connectivity index (χ1n) is 6.19. The first kappa shape index (κ1) is 14.0. The first-order chi connectivity index (χ1) is 8.65. The van der Waals surface area contributed by atoms with E-state index in [2.05, 4.69) is 42.2 Å². The highest BCUT2D eigenvalue weighted by Crippen LogP contribution is 2.28. The Labute approximate surface area is 124 Å². The van der Waals surface area contributed by atoms with E-state index in [0.717, 1.165) is 11.0 Å². The predicted molar refractivity (Wildman–Crippen MR) is 78.9 cm³/mol. The molecule has 1 aromatic rings. The zero-order valence-corrected chi connectivity index (χ0v) is 13.2. The molecule has 0 saturated heterocycles. The summed E-state index contributed by atoms with van der Waals surface area (Å²) < 4.78 is 0.884. The van der Waals surface area contributed by atoms with Gasteiger partial charge >= 0.3 is 0 Å². The number of hydrogen-bond donors (Lipinski definition) is 1. The summed E-state index contributed by atoms with van der Waals surface area (Å²) >= 11 is 6.94. The Morgan fingerprint density at radius 2 is 2.06 bits per heavy atom. The summed E-state index contributed by atoms with van der Waals surface area (Å²) in [7, 11) is 0. The van der Waals surface area contributed by atoms with E-state index < -0.39 is 0 Å². The Balaban J connectivity index is 1.79. The molecule has 98 valence electrons. The first-order valence-corrected chi connectivity index (χ1v) is 7.90. The predicted octanol–water partition coefficient (Wildman–Crippen LogP) is 3.53. The Morgan fingerprint density at radius 3 is 2.67 bits per heavy atom. The SMILES string of the molecule is O=C(NCC1CCC(Br)CC1)c1ccc(Br)cn1. The fraction of sp³-hybridized carbons (Fsp3) is 0.538. The van der Waals surface area contributed by atoms with Crippen molar-refractivity contribution in [2.45, 2.75) is 30.5 Å². The van der Waals surface area contributed by atoms with Crippen LogP contribution >= 0.6 is 31.9 Å². The fourth-order valence-corrected chi connectivity index (χ4v) is 2.93. The normalized spacial score (nSPS) is 23.7. The van der Waals surface area contributed by atoms with Gasteiger partial charge in [0.15, 0.2) is 0 Å². The highest BCUT2D eigenvalue weighted by atomic mass is 79.9. The molecule has 0 spiro atoms. The van der Waals surface area contributed by atoms with Gasteiger partial charge < -0.3 is 5.32 Å². The van der Waals surface area contributed by atoms with Crippen molar-refractivity contribution in [3.05, 3.63) is 28.5 Å². The van der Waals surface area contributed by atoms with Gasteiger partial charge in [-0.3, -0.25) is 4.79 Å². The second-order valence-electron chi connectivity index (χ2n) is 4.69. The van der Waals surface area contributed by atoms with Gasteiger partial charge in [-0.25, -0.2) is 4.98 Å². The summed E-state index contributed by atoms with van der Waals surface area (Å²) in [6.07, 6.45) is 6.42. The minimum absolute atomic E-state index is 0.0801. The maximum atomic E-state index is 11.9. The summed E-state index contributed by atoms with van der Waals surface area (Å²) in [5.74, 6) is 0.529. The van der Waals surface area contributed by atoms with Crippen molar-refractivity contribution in [3.63, 3.8) is 0 Å². The van der Waals surface area contributed by atoms with Crippen molar-refractivity contribution < 1.29 is 4.79 Å². The third-order valence-corrected chi connectivity index (χ3v) is 4.67. The average Bonchev–Trinajstić information content (AvgIpc) is 2.38. The lowest BCUT2D eigenvalue weighted by molar-refractivity contribution is 0.0939. The van der Waals surface area contributed by atoms with E-state index >= 15 is 0 Å². The molecule has 0 bridgehead atoms. The van der Waals surface area contributed by atoms with Gasteiger partial charge in [-0.2, -0.15) is 0 Å². The molecule has 1 amide bonds. The maximum Gasteiger partial charge on any atom is 0.269 e. The number of nitrogens with one attached hydrogen (secondary N) is 1. The molecule has 1 fully saturated rings. The van der Waals surface area contributed by atoms with Gasteiger partial charge in [0.05, 0.1) is 0 Å². The fourth-order valence-electron chi connectivity index (χ4n) is 2.16. The number of aromatic nitrogens is 1. The van der Waals surface area contributed by atoms with Crippen LogP contribution in [0.3, 0.4) is 0 Å². The Kier molecular flexibility index (Phi) is 5.18. The Bertz CT molecular complexity index is 400. The molecular formula is C13H16Br2N2O. The van der Waals surface area contributed by atoms with Gasteiger partial charge in [0.1, 0.15) is 5.69 Å². The summed E-state index contributed by atoms with van der Waals surface area (Å²) in [6.45, 7) is 0.760. The highest BCUT2D eigenvalue weighted by molar-refractivity contribution is 9.10. The molecule has 0 aliphatic heterocycles. The van der Waals surface area contributed by atoms with Crippen LogP contribution in [-0.4, -0.2) is 22.3 Å². The maximum absolute atomic E-state index is 11.9. The summed E-state index contributed by atoms with van der Waals surface area (Å²) in [5.41, 5.74) is 0.479. The van der Waals surface area contributed by atoms with Crippen LogP contribution in [0.5, 0.6) is 0 Å². The van der Waals surface area contributed by atoms with Crippen LogP contribution in [0.4, 0.5) is 0 Å². The van der Waals surface area contributed by atoms with Crippen molar-refractivity contribution in [2.75, 3.05) is 6.54 Å². The lowest BCUT2D eigenvalue weighted by atomic mass is 9.89. The standard InChI is InChI=1S/C13H16Br2N2O/c14-10-3-1-9(2-4-10)7-17-13(18)12-6-5-11(15)8-16-12/h5-6,8-10H,1-4,7H2,(H,17,18). The molecule has 1 aliphatic carbocycles. The van der Waals surface area contributed by atoms with E-state index in [4.69, 9.17) is 0 Å². The quantitative estimate of drug-likeness (QED) is 0.821. The number of carbonyl (C=O) groups is 1. The zero-order chi connectivity index (χ0) is 13.0. The van der Waals surface area contributed by atoms with Crippen molar-refractivity contribution >= 4 is 37.8 Å². The van der Waals surface area contributed by atoms with Gasteiger partial charge in [0, 0.05) is 22.0 Å². The van der Waals surface area contributed by atoms with Crippen molar-refractivity contribution in [1.29, 1.82) is 0 Å². The molecule has 0 radical (unpaired) electrons. The lowest BCUT2D eigenvalue weighted by Crippen LogP contribution is -2.31. The van der Waals surface area contributed by atoms with E-state index in [-0.39, 0.29) is 5.91 Å². The molecular weight excluding hydrogens is 360 g/mol. The number of rotatable bonds is 3. The molecule has 1 heterocycles. The monoisotopic (exact) mass is 374 g/mol. The van der Waals surface area contributed by atoms with E-state index in [1.165, 1.54) is 25.7 Å². The molecule has 1 aromatic heterocycles. The van der Waals surface area contributed by atoms with Crippen LogP contribution in [0.1, 0.15) is 36.2 Å². The van der Waals surface area contributed by atoms with Gasteiger partial charge in [0.2, 0.25) is 0 Å². The molecule has 0 atom stereocenters. The van der Waals surface area contributed by atoms with Gasteiger partial charge in [0.25, 0.3) is 5.91 Å². The van der Waals surface area contributed by atoms with E-state index in [9.17, 15) is 4.79 Å². The van der Waals surface area contributed by atoms with Crippen molar-refractivity contribution in [3.8, 4) is 0 Å². The van der Waals surface area contributed by atoms with Crippen LogP contribution in [0.15, 0.2) is 22.8 Å². The minimum atomic E-state index is -0.0801. The molecule has 3 nitrogen and oxygen atoms in total. The minimum Gasteiger partial charge on any atom is -0.350 e. The molecule has 0 aromatic carbocycles. The Hall–Kier alpha value is -0.420.